The highest BCUT2D eigenvalue weighted by atomic mass is 79.9. The minimum atomic E-state index is -0.958. The molecule has 1 N–H and O–H groups in total. The van der Waals surface area contributed by atoms with Crippen molar-refractivity contribution >= 4 is 37.8 Å². The van der Waals surface area contributed by atoms with Crippen LogP contribution in [0.3, 0.4) is 0 Å². The van der Waals surface area contributed by atoms with Crippen LogP contribution in [0.25, 0.3) is 0 Å². The molecule has 1 rings (SSSR count). The zero-order valence-corrected chi connectivity index (χ0v) is 11.2. The normalized spacial score (nSPS) is 12.2. The molecule has 0 spiro atoms. The van der Waals surface area contributed by atoms with E-state index in [0.717, 1.165) is 8.95 Å². The topological polar surface area (TPSA) is 46.5 Å². The summed E-state index contributed by atoms with van der Waals surface area (Å²) in [5, 5.41) is 8.86. The number of hydrogen-bond acceptors (Lipinski definition) is 2. The van der Waals surface area contributed by atoms with Crippen LogP contribution < -0.4 is 4.74 Å². The summed E-state index contributed by atoms with van der Waals surface area (Å²) in [7, 11) is 0. The number of ether oxygens (including phenoxy) is 1. The molecule has 1 aromatic carbocycles. The summed E-state index contributed by atoms with van der Waals surface area (Å²) in [4.78, 5) is 10.8. The molecular formula is C10H10Br2O3. The van der Waals surface area contributed by atoms with E-state index in [4.69, 9.17) is 9.84 Å². The first kappa shape index (κ1) is 12.5. The predicted octanol–water partition coefficient (Wildman–Crippen LogP) is 3.45. The summed E-state index contributed by atoms with van der Waals surface area (Å²) in [6.45, 7) is 1.77. The van der Waals surface area contributed by atoms with Gasteiger partial charge in [-0.25, -0.2) is 4.79 Å². The fraction of sp³-hybridized carbons (Fsp3) is 0.300. The molecule has 0 fully saturated rings. The maximum Gasteiger partial charge on any atom is 0.344 e. The highest BCUT2D eigenvalue weighted by Gasteiger charge is 2.19. The summed E-state index contributed by atoms with van der Waals surface area (Å²) in [6.07, 6.45) is -0.400. The zero-order chi connectivity index (χ0) is 11.4. The number of carboxylic acids is 1. The Morgan fingerprint density at radius 3 is 2.40 bits per heavy atom. The second kappa shape index (κ2) is 5.51. The molecule has 5 heteroatoms. The average molecular weight is 338 g/mol. The second-order valence-corrected chi connectivity index (χ2v) is 4.61. The Bertz CT molecular complexity index is 345. The smallest absolute Gasteiger partial charge is 0.344 e. The van der Waals surface area contributed by atoms with Crippen LogP contribution in [0.4, 0.5) is 0 Å². The number of carbonyl (C=O) groups is 1. The van der Waals surface area contributed by atoms with Gasteiger partial charge in [0.2, 0.25) is 0 Å². The Morgan fingerprint density at radius 1 is 1.47 bits per heavy atom. The third-order valence-electron chi connectivity index (χ3n) is 1.83. The number of rotatable bonds is 4. The molecule has 0 aliphatic rings. The fourth-order valence-corrected chi connectivity index (χ4v) is 2.23. The zero-order valence-electron chi connectivity index (χ0n) is 8.04. The minimum Gasteiger partial charge on any atom is -0.479 e. The average Bonchev–Trinajstić information content (AvgIpc) is 2.17. The maximum atomic E-state index is 10.8. The van der Waals surface area contributed by atoms with Gasteiger partial charge >= 0.3 is 5.97 Å². The molecule has 1 atom stereocenters. The third kappa shape index (κ3) is 3.21. The molecule has 1 aromatic rings. The Kier molecular flexibility index (Phi) is 4.60. The van der Waals surface area contributed by atoms with Crippen LogP contribution in [-0.2, 0) is 4.79 Å². The van der Waals surface area contributed by atoms with Crippen molar-refractivity contribution in [3.8, 4) is 5.75 Å². The van der Waals surface area contributed by atoms with Crippen LogP contribution in [-0.4, -0.2) is 17.2 Å². The molecule has 0 saturated heterocycles. The monoisotopic (exact) mass is 336 g/mol. The molecule has 0 bridgehead atoms. The van der Waals surface area contributed by atoms with Crippen molar-refractivity contribution < 1.29 is 14.6 Å². The van der Waals surface area contributed by atoms with Crippen LogP contribution in [0, 0.1) is 0 Å². The first-order valence-electron chi connectivity index (χ1n) is 4.39. The molecule has 0 radical (unpaired) electrons. The third-order valence-corrected chi connectivity index (χ3v) is 3.07. The lowest BCUT2D eigenvalue weighted by Crippen LogP contribution is -2.26. The molecular weight excluding hydrogens is 328 g/mol. The SMILES string of the molecule is CC[C@H](Oc1c(Br)cccc1Br)C(=O)O. The quantitative estimate of drug-likeness (QED) is 0.915. The molecule has 0 aromatic heterocycles. The highest BCUT2D eigenvalue weighted by Crippen LogP contribution is 2.33. The van der Waals surface area contributed by atoms with Crippen LogP contribution in [0.2, 0.25) is 0 Å². The van der Waals surface area contributed by atoms with Crippen molar-refractivity contribution in [1.82, 2.24) is 0 Å². The van der Waals surface area contributed by atoms with Gasteiger partial charge < -0.3 is 9.84 Å². The predicted molar refractivity (Wildman–Crippen MR) is 64.2 cm³/mol. The maximum absolute atomic E-state index is 10.8. The van der Waals surface area contributed by atoms with Gasteiger partial charge in [0.15, 0.2) is 6.10 Å². The number of carboxylic acid groups (broad SMARTS) is 1. The minimum absolute atomic E-state index is 0.420. The highest BCUT2D eigenvalue weighted by molar-refractivity contribution is 9.11. The Balaban J connectivity index is 2.92. The van der Waals surface area contributed by atoms with Crippen molar-refractivity contribution in [1.29, 1.82) is 0 Å². The standard InChI is InChI=1S/C10H10Br2O3/c1-2-8(10(13)14)15-9-6(11)4-3-5-7(9)12/h3-5,8H,2H2,1H3,(H,13,14)/t8-/m0/s1. The van der Waals surface area contributed by atoms with Gasteiger partial charge in [0.1, 0.15) is 5.75 Å². The molecule has 0 amide bonds. The molecule has 0 heterocycles. The summed E-state index contributed by atoms with van der Waals surface area (Å²) < 4.78 is 6.86. The van der Waals surface area contributed by atoms with Crippen molar-refractivity contribution in [3.63, 3.8) is 0 Å². The molecule has 0 aliphatic heterocycles. The van der Waals surface area contributed by atoms with Crippen molar-refractivity contribution in [2.45, 2.75) is 19.4 Å². The van der Waals surface area contributed by atoms with Crippen molar-refractivity contribution in [3.05, 3.63) is 27.1 Å². The number of para-hydroxylation sites is 1. The molecule has 0 saturated carbocycles. The molecule has 15 heavy (non-hydrogen) atoms. The van der Waals surface area contributed by atoms with E-state index in [1.54, 1.807) is 19.1 Å². The van der Waals surface area contributed by atoms with E-state index in [-0.39, 0.29) is 0 Å². The van der Waals surface area contributed by atoms with Gasteiger partial charge in [-0.05, 0) is 50.4 Å². The Hall–Kier alpha value is -0.550. The number of hydrogen-bond donors (Lipinski definition) is 1. The van der Waals surface area contributed by atoms with Gasteiger partial charge in [-0.1, -0.05) is 13.0 Å². The Labute approximate surface area is 105 Å². The van der Waals surface area contributed by atoms with Gasteiger partial charge in [0, 0.05) is 0 Å². The largest absolute Gasteiger partial charge is 0.479 e. The van der Waals surface area contributed by atoms with Gasteiger partial charge in [-0.2, -0.15) is 0 Å². The number of halogens is 2. The summed E-state index contributed by atoms with van der Waals surface area (Å²) in [5.41, 5.74) is 0. The Morgan fingerprint density at radius 2 is 2.00 bits per heavy atom. The van der Waals surface area contributed by atoms with E-state index in [0.29, 0.717) is 12.2 Å². The van der Waals surface area contributed by atoms with E-state index in [1.165, 1.54) is 0 Å². The van der Waals surface area contributed by atoms with Crippen molar-refractivity contribution in [2.24, 2.45) is 0 Å². The molecule has 0 unspecified atom stereocenters. The lowest BCUT2D eigenvalue weighted by atomic mass is 10.3. The van der Waals surface area contributed by atoms with E-state index < -0.39 is 12.1 Å². The van der Waals surface area contributed by atoms with Crippen molar-refractivity contribution in [2.75, 3.05) is 0 Å². The van der Waals surface area contributed by atoms with Crippen LogP contribution >= 0.6 is 31.9 Å². The van der Waals surface area contributed by atoms with Crippen LogP contribution in [0.5, 0.6) is 5.75 Å². The van der Waals surface area contributed by atoms with Gasteiger partial charge in [-0.15, -0.1) is 0 Å². The lowest BCUT2D eigenvalue weighted by Gasteiger charge is -2.15. The number of benzene rings is 1. The van der Waals surface area contributed by atoms with Crippen LogP contribution in [0.15, 0.2) is 27.1 Å². The van der Waals surface area contributed by atoms with E-state index in [9.17, 15) is 4.79 Å². The van der Waals surface area contributed by atoms with Gasteiger partial charge in [0.25, 0.3) is 0 Å². The molecule has 0 aliphatic carbocycles. The second-order valence-electron chi connectivity index (χ2n) is 2.90. The summed E-state index contributed by atoms with van der Waals surface area (Å²) in [5.74, 6) is -0.438. The lowest BCUT2D eigenvalue weighted by molar-refractivity contribution is -0.145. The number of aliphatic carboxylic acids is 1. The van der Waals surface area contributed by atoms with E-state index >= 15 is 0 Å². The van der Waals surface area contributed by atoms with Gasteiger partial charge in [0.05, 0.1) is 8.95 Å². The van der Waals surface area contributed by atoms with E-state index in [2.05, 4.69) is 31.9 Å². The first-order valence-corrected chi connectivity index (χ1v) is 5.98. The van der Waals surface area contributed by atoms with Gasteiger partial charge in [-0.3, -0.25) is 0 Å². The fourth-order valence-electron chi connectivity index (χ4n) is 1.05. The molecule has 3 nitrogen and oxygen atoms in total. The summed E-state index contributed by atoms with van der Waals surface area (Å²) in [6, 6.07) is 5.44. The van der Waals surface area contributed by atoms with E-state index in [1.807, 2.05) is 6.07 Å². The first-order chi connectivity index (χ1) is 7.06. The summed E-state index contributed by atoms with van der Waals surface area (Å²) >= 11 is 6.61. The van der Waals surface area contributed by atoms with Crippen LogP contribution in [0.1, 0.15) is 13.3 Å². The molecule has 82 valence electrons.